The highest BCUT2D eigenvalue weighted by Crippen LogP contribution is 2.24. The Balaban J connectivity index is 1.86. The highest BCUT2D eigenvalue weighted by molar-refractivity contribution is 7.98. The summed E-state index contributed by atoms with van der Waals surface area (Å²) >= 11 is 7.56. The van der Waals surface area contributed by atoms with Gasteiger partial charge < -0.3 is 0 Å². The average Bonchev–Trinajstić information content (AvgIpc) is 2.45. The van der Waals surface area contributed by atoms with Gasteiger partial charge in [0.1, 0.15) is 5.65 Å². The molecule has 100 valence electrons. The molecular formula is C15H11ClN2OS. The van der Waals surface area contributed by atoms with E-state index in [-0.39, 0.29) is 5.56 Å². The highest BCUT2D eigenvalue weighted by atomic mass is 35.5. The molecule has 0 atom stereocenters. The fraction of sp³-hybridized carbons (Fsp3) is 0.0667. The molecule has 0 saturated carbocycles. The molecule has 3 aromatic rings. The lowest BCUT2D eigenvalue weighted by Crippen LogP contribution is -2.14. The topological polar surface area (TPSA) is 34.4 Å². The van der Waals surface area contributed by atoms with Crippen LogP contribution in [-0.2, 0) is 5.75 Å². The largest absolute Gasteiger partial charge is 0.269 e. The van der Waals surface area contributed by atoms with Gasteiger partial charge in [-0.3, -0.25) is 9.20 Å². The number of fused-ring (bicyclic) bond motifs is 1. The van der Waals surface area contributed by atoms with E-state index >= 15 is 0 Å². The van der Waals surface area contributed by atoms with Crippen LogP contribution in [-0.4, -0.2) is 9.38 Å². The normalized spacial score (nSPS) is 10.8. The summed E-state index contributed by atoms with van der Waals surface area (Å²) in [4.78, 5) is 17.5. The number of hydrogen-bond donors (Lipinski definition) is 0. The summed E-state index contributed by atoms with van der Waals surface area (Å²) in [5, 5.41) is 0.710. The van der Waals surface area contributed by atoms with E-state index in [0.717, 1.165) is 10.6 Å². The van der Waals surface area contributed by atoms with Crippen molar-refractivity contribution in [2.24, 2.45) is 0 Å². The van der Waals surface area contributed by atoms with Crippen molar-refractivity contribution < 1.29 is 0 Å². The van der Waals surface area contributed by atoms with Crippen molar-refractivity contribution >= 4 is 29.0 Å². The van der Waals surface area contributed by atoms with Crippen molar-refractivity contribution in [2.75, 3.05) is 0 Å². The van der Waals surface area contributed by atoms with Crippen molar-refractivity contribution in [3.05, 3.63) is 75.8 Å². The first kappa shape index (κ1) is 13.2. The van der Waals surface area contributed by atoms with Gasteiger partial charge in [0.15, 0.2) is 0 Å². The Bertz CT molecular complexity index is 816. The van der Waals surface area contributed by atoms with Gasteiger partial charge in [0, 0.05) is 27.9 Å². The number of pyridine rings is 1. The lowest BCUT2D eigenvalue weighted by molar-refractivity contribution is 1.01. The van der Waals surface area contributed by atoms with E-state index in [0.29, 0.717) is 16.4 Å². The molecule has 0 bridgehead atoms. The van der Waals surface area contributed by atoms with Gasteiger partial charge in [0.2, 0.25) is 0 Å². The summed E-state index contributed by atoms with van der Waals surface area (Å²) in [6.07, 6.45) is 1.72. The van der Waals surface area contributed by atoms with E-state index in [1.54, 1.807) is 24.0 Å². The molecule has 1 aromatic carbocycles. The fourth-order valence-electron chi connectivity index (χ4n) is 1.89. The number of rotatable bonds is 3. The van der Waals surface area contributed by atoms with Crippen molar-refractivity contribution in [2.45, 2.75) is 10.6 Å². The van der Waals surface area contributed by atoms with Crippen LogP contribution in [0.5, 0.6) is 0 Å². The molecule has 0 aliphatic heterocycles. The zero-order chi connectivity index (χ0) is 13.9. The van der Waals surface area contributed by atoms with Gasteiger partial charge in [0.25, 0.3) is 5.56 Å². The van der Waals surface area contributed by atoms with Gasteiger partial charge >= 0.3 is 0 Å². The Morgan fingerprint density at radius 1 is 1.15 bits per heavy atom. The van der Waals surface area contributed by atoms with Gasteiger partial charge in [0.05, 0.1) is 5.69 Å². The molecule has 0 aliphatic carbocycles. The summed E-state index contributed by atoms with van der Waals surface area (Å²) in [5.41, 5.74) is 1.38. The van der Waals surface area contributed by atoms with Crippen LogP contribution < -0.4 is 5.56 Å². The minimum Gasteiger partial charge on any atom is -0.269 e. The summed E-state index contributed by atoms with van der Waals surface area (Å²) in [6, 6.07) is 14.7. The second kappa shape index (κ2) is 5.69. The van der Waals surface area contributed by atoms with Crippen molar-refractivity contribution in [1.29, 1.82) is 0 Å². The van der Waals surface area contributed by atoms with E-state index in [1.807, 2.05) is 42.5 Å². The van der Waals surface area contributed by atoms with E-state index in [1.165, 1.54) is 4.40 Å². The molecular weight excluding hydrogens is 292 g/mol. The summed E-state index contributed by atoms with van der Waals surface area (Å²) in [5.74, 6) is 0.640. The van der Waals surface area contributed by atoms with E-state index in [9.17, 15) is 4.79 Å². The summed E-state index contributed by atoms with van der Waals surface area (Å²) < 4.78 is 1.54. The van der Waals surface area contributed by atoms with Crippen molar-refractivity contribution in [3.63, 3.8) is 0 Å². The third-order valence-corrected chi connectivity index (χ3v) is 4.07. The smallest absolute Gasteiger partial charge is 0.258 e. The molecule has 0 saturated heterocycles. The molecule has 0 aliphatic rings. The van der Waals surface area contributed by atoms with E-state index < -0.39 is 0 Å². The zero-order valence-electron chi connectivity index (χ0n) is 10.5. The van der Waals surface area contributed by atoms with Crippen LogP contribution in [0.3, 0.4) is 0 Å². The number of aromatic nitrogens is 2. The molecule has 5 heteroatoms. The highest BCUT2D eigenvalue weighted by Gasteiger charge is 2.03. The van der Waals surface area contributed by atoms with Crippen LogP contribution >= 0.6 is 23.4 Å². The fourth-order valence-corrected chi connectivity index (χ4v) is 2.99. The van der Waals surface area contributed by atoms with Crippen LogP contribution in [0.25, 0.3) is 5.65 Å². The Kier molecular flexibility index (Phi) is 3.76. The first-order valence-corrected chi connectivity index (χ1v) is 7.44. The van der Waals surface area contributed by atoms with Crippen LogP contribution in [0, 0.1) is 0 Å². The summed E-state index contributed by atoms with van der Waals surface area (Å²) in [6.45, 7) is 0. The average molecular weight is 303 g/mol. The van der Waals surface area contributed by atoms with Gasteiger partial charge in [-0.15, -0.1) is 11.8 Å². The van der Waals surface area contributed by atoms with Gasteiger partial charge in [-0.1, -0.05) is 23.7 Å². The molecule has 3 rings (SSSR count). The molecule has 0 unspecified atom stereocenters. The molecule has 2 heterocycles. The minimum absolute atomic E-state index is 0.0581. The second-order valence-electron chi connectivity index (χ2n) is 4.26. The maximum absolute atomic E-state index is 12.0. The second-order valence-corrected chi connectivity index (χ2v) is 5.75. The number of benzene rings is 1. The molecule has 3 nitrogen and oxygen atoms in total. The summed E-state index contributed by atoms with van der Waals surface area (Å²) in [7, 11) is 0. The Labute approximate surface area is 125 Å². The molecule has 0 amide bonds. The van der Waals surface area contributed by atoms with Gasteiger partial charge in [-0.25, -0.2) is 4.98 Å². The van der Waals surface area contributed by atoms with Crippen LogP contribution in [0.1, 0.15) is 5.69 Å². The number of thioether (sulfide) groups is 1. The van der Waals surface area contributed by atoms with E-state index in [2.05, 4.69) is 4.98 Å². The lowest BCUT2D eigenvalue weighted by atomic mass is 10.4. The predicted molar refractivity (Wildman–Crippen MR) is 82.5 cm³/mol. The molecule has 20 heavy (non-hydrogen) atoms. The molecule has 0 spiro atoms. The number of hydrogen-bond acceptors (Lipinski definition) is 3. The van der Waals surface area contributed by atoms with E-state index in [4.69, 9.17) is 11.6 Å². The molecule has 0 fully saturated rings. The molecule has 0 radical (unpaired) electrons. The lowest BCUT2D eigenvalue weighted by Gasteiger charge is -2.04. The SMILES string of the molecule is O=c1cc(CSc2cccc(Cl)c2)nc2ccccn12. The monoisotopic (exact) mass is 302 g/mol. The van der Waals surface area contributed by atoms with Crippen LogP contribution in [0.2, 0.25) is 5.02 Å². The minimum atomic E-state index is -0.0581. The molecule has 2 aromatic heterocycles. The third kappa shape index (κ3) is 2.86. The zero-order valence-corrected chi connectivity index (χ0v) is 12.1. The number of nitrogens with zero attached hydrogens (tertiary/aromatic N) is 2. The maximum Gasteiger partial charge on any atom is 0.258 e. The first-order chi connectivity index (χ1) is 9.72. The quantitative estimate of drug-likeness (QED) is 0.693. The Morgan fingerprint density at radius 2 is 2.05 bits per heavy atom. The first-order valence-electron chi connectivity index (χ1n) is 6.08. The Hall–Kier alpha value is -1.78. The number of halogens is 1. The maximum atomic E-state index is 12.0. The van der Waals surface area contributed by atoms with Crippen molar-refractivity contribution in [3.8, 4) is 0 Å². The third-order valence-electron chi connectivity index (χ3n) is 2.81. The van der Waals surface area contributed by atoms with Crippen LogP contribution in [0.15, 0.2) is 64.4 Å². The standard InChI is InChI=1S/C15H11ClN2OS/c16-11-4-3-5-13(8-11)20-10-12-9-15(19)18-7-2-1-6-14(18)17-12/h1-9H,10H2. The Morgan fingerprint density at radius 3 is 2.90 bits per heavy atom. The van der Waals surface area contributed by atoms with Crippen LogP contribution in [0.4, 0.5) is 0 Å². The van der Waals surface area contributed by atoms with Crippen molar-refractivity contribution in [1.82, 2.24) is 9.38 Å². The van der Waals surface area contributed by atoms with Gasteiger partial charge in [-0.05, 0) is 30.3 Å². The predicted octanol–water partition coefficient (Wildman–Crippen LogP) is 3.64. The van der Waals surface area contributed by atoms with Gasteiger partial charge in [-0.2, -0.15) is 0 Å². The molecule has 0 N–H and O–H groups in total.